The van der Waals surface area contributed by atoms with E-state index in [0.717, 1.165) is 17.7 Å². The summed E-state index contributed by atoms with van der Waals surface area (Å²) in [5.74, 6) is 8.51. The van der Waals surface area contributed by atoms with Gasteiger partial charge < -0.3 is 10.7 Å². The van der Waals surface area contributed by atoms with Crippen molar-refractivity contribution in [2.45, 2.75) is 31.7 Å². The molecule has 0 amide bonds. The summed E-state index contributed by atoms with van der Waals surface area (Å²) in [4.78, 5) is 8.42. The van der Waals surface area contributed by atoms with Gasteiger partial charge in [0.1, 0.15) is 5.82 Å². The molecule has 0 aromatic carbocycles. The van der Waals surface area contributed by atoms with Crippen molar-refractivity contribution >= 4 is 11.6 Å². The van der Waals surface area contributed by atoms with Crippen LogP contribution in [0, 0.1) is 11.8 Å². The summed E-state index contributed by atoms with van der Waals surface area (Å²) in [5.41, 5.74) is 2.51. The molecule has 3 atom stereocenters. The fraction of sp³-hybridized carbons (Fsp3) is 0.636. The first-order valence-corrected chi connectivity index (χ1v) is 5.90. The quantitative estimate of drug-likeness (QED) is 0.528. The summed E-state index contributed by atoms with van der Waals surface area (Å²) in [7, 11) is 0. The van der Waals surface area contributed by atoms with E-state index in [1.54, 1.807) is 12.4 Å². The highest BCUT2D eigenvalue weighted by molar-refractivity contribution is 5.41. The molecule has 1 heterocycles. The third-order valence-electron chi connectivity index (χ3n) is 3.85. The minimum atomic E-state index is 0.584. The summed E-state index contributed by atoms with van der Waals surface area (Å²) in [6, 6.07) is 0.584. The van der Waals surface area contributed by atoms with Crippen LogP contribution in [0.2, 0.25) is 0 Å². The summed E-state index contributed by atoms with van der Waals surface area (Å²) >= 11 is 0. The zero-order valence-corrected chi connectivity index (χ0v) is 9.19. The van der Waals surface area contributed by atoms with Crippen molar-refractivity contribution in [1.29, 1.82) is 0 Å². The second-order valence-corrected chi connectivity index (χ2v) is 4.86. The number of aromatic nitrogens is 2. The molecule has 2 saturated carbocycles. The molecule has 0 aliphatic heterocycles. The van der Waals surface area contributed by atoms with Crippen LogP contribution in [0.5, 0.6) is 0 Å². The van der Waals surface area contributed by atoms with Crippen molar-refractivity contribution in [3.8, 4) is 0 Å². The maximum absolute atomic E-state index is 5.31. The van der Waals surface area contributed by atoms with Gasteiger partial charge in [-0.2, -0.15) is 0 Å². The van der Waals surface area contributed by atoms with Gasteiger partial charge in [-0.05, 0) is 31.1 Å². The monoisotopic (exact) mass is 219 g/mol. The Kier molecular flexibility index (Phi) is 2.40. The Hall–Kier alpha value is -1.36. The van der Waals surface area contributed by atoms with Crippen LogP contribution in [0.1, 0.15) is 25.7 Å². The van der Waals surface area contributed by atoms with E-state index in [1.807, 2.05) is 0 Å². The molecular formula is C11H17N5. The predicted molar refractivity (Wildman–Crippen MR) is 62.7 cm³/mol. The van der Waals surface area contributed by atoms with Gasteiger partial charge >= 0.3 is 0 Å². The lowest BCUT2D eigenvalue weighted by molar-refractivity contribution is 0.439. The van der Waals surface area contributed by atoms with Crippen molar-refractivity contribution in [3.63, 3.8) is 0 Å². The summed E-state index contributed by atoms with van der Waals surface area (Å²) < 4.78 is 0. The van der Waals surface area contributed by atoms with Crippen LogP contribution in [0.25, 0.3) is 0 Å². The standard InChI is InChI=1S/C11H17N5/c12-16-11-6-13-5-10(15-11)14-9-4-7-1-2-8(9)3-7/h5-9H,1-4,12H2,(H2,14,15,16). The average Bonchev–Trinajstić information content (AvgIpc) is 2.91. The smallest absolute Gasteiger partial charge is 0.160 e. The molecule has 0 radical (unpaired) electrons. The van der Waals surface area contributed by atoms with Gasteiger partial charge in [-0.3, -0.25) is 4.98 Å². The zero-order chi connectivity index (χ0) is 11.0. The molecule has 1 aromatic rings. The van der Waals surface area contributed by atoms with E-state index in [1.165, 1.54) is 25.7 Å². The van der Waals surface area contributed by atoms with Crippen LogP contribution in [0.4, 0.5) is 11.6 Å². The molecule has 2 aliphatic rings. The number of hydrogen-bond donors (Lipinski definition) is 3. The fourth-order valence-electron chi connectivity index (χ4n) is 3.12. The Labute approximate surface area is 94.8 Å². The lowest BCUT2D eigenvalue weighted by atomic mass is 9.95. The van der Waals surface area contributed by atoms with Gasteiger partial charge in [0.25, 0.3) is 0 Å². The molecule has 2 fully saturated rings. The largest absolute Gasteiger partial charge is 0.366 e. The highest BCUT2D eigenvalue weighted by Crippen LogP contribution is 2.45. The van der Waals surface area contributed by atoms with Gasteiger partial charge in [0.15, 0.2) is 5.82 Å². The molecule has 86 valence electrons. The molecule has 2 aliphatic carbocycles. The minimum Gasteiger partial charge on any atom is -0.366 e. The van der Waals surface area contributed by atoms with E-state index in [9.17, 15) is 0 Å². The van der Waals surface area contributed by atoms with Crippen molar-refractivity contribution in [3.05, 3.63) is 12.4 Å². The summed E-state index contributed by atoms with van der Waals surface area (Å²) in [6.45, 7) is 0. The molecule has 3 unspecified atom stereocenters. The second-order valence-electron chi connectivity index (χ2n) is 4.86. The topological polar surface area (TPSA) is 75.9 Å². The molecule has 0 spiro atoms. The second kappa shape index (κ2) is 3.90. The number of hydrazine groups is 1. The van der Waals surface area contributed by atoms with Crippen LogP contribution < -0.4 is 16.6 Å². The number of nitrogens with two attached hydrogens (primary N) is 1. The van der Waals surface area contributed by atoms with Gasteiger partial charge in [-0.15, -0.1) is 0 Å². The van der Waals surface area contributed by atoms with Crippen LogP contribution in [0.15, 0.2) is 12.4 Å². The number of anilines is 2. The first-order chi connectivity index (χ1) is 7.85. The number of fused-ring (bicyclic) bond motifs is 2. The number of nitrogen functional groups attached to an aromatic ring is 1. The Morgan fingerprint density at radius 3 is 2.75 bits per heavy atom. The highest BCUT2D eigenvalue weighted by Gasteiger charge is 2.39. The van der Waals surface area contributed by atoms with E-state index < -0.39 is 0 Å². The summed E-state index contributed by atoms with van der Waals surface area (Å²) in [5, 5.41) is 3.48. The van der Waals surface area contributed by atoms with E-state index in [4.69, 9.17) is 5.84 Å². The van der Waals surface area contributed by atoms with Crippen molar-refractivity contribution in [1.82, 2.24) is 9.97 Å². The zero-order valence-electron chi connectivity index (χ0n) is 9.19. The third-order valence-corrected chi connectivity index (χ3v) is 3.85. The first kappa shape index (κ1) is 9.84. The molecule has 5 heteroatoms. The SMILES string of the molecule is NNc1cncc(NC2CC3CCC2C3)n1. The normalized spacial score (nSPS) is 31.7. The Balaban J connectivity index is 1.69. The van der Waals surface area contributed by atoms with Crippen LogP contribution >= 0.6 is 0 Å². The van der Waals surface area contributed by atoms with E-state index in [2.05, 4.69) is 20.7 Å². The fourth-order valence-corrected chi connectivity index (χ4v) is 3.12. The minimum absolute atomic E-state index is 0.584. The Morgan fingerprint density at radius 2 is 2.06 bits per heavy atom. The molecular weight excluding hydrogens is 202 g/mol. The highest BCUT2D eigenvalue weighted by atomic mass is 15.3. The van der Waals surface area contributed by atoms with Gasteiger partial charge in [-0.1, -0.05) is 6.42 Å². The molecule has 4 N–H and O–H groups in total. The maximum Gasteiger partial charge on any atom is 0.160 e. The molecule has 16 heavy (non-hydrogen) atoms. The van der Waals surface area contributed by atoms with Gasteiger partial charge in [0.05, 0.1) is 12.4 Å². The van der Waals surface area contributed by atoms with E-state index in [0.29, 0.717) is 11.9 Å². The maximum atomic E-state index is 5.31. The van der Waals surface area contributed by atoms with Crippen molar-refractivity contribution in [2.24, 2.45) is 17.7 Å². The lowest BCUT2D eigenvalue weighted by Gasteiger charge is -2.23. The van der Waals surface area contributed by atoms with Gasteiger partial charge in [0.2, 0.25) is 0 Å². The van der Waals surface area contributed by atoms with Crippen LogP contribution in [-0.2, 0) is 0 Å². The van der Waals surface area contributed by atoms with Crippen molar-refractivity contribution in [2.75, 3.05) is 10.7 Å². The number of nitrogens with one attached hydrogen (secondary N) is 2. The molecule has 5 nitrogen and oxygen atoms in total. The lowest BCUT2D eigenvalue weighted by Crippen LogP contribution is -2.26. The van der Waals surface area contributed by atoms with E-state index in [-0.39, 0.29) is 0 Å². The van der Waals surface area contributed by atoms with Crippen LogP contribution in [-0.4, -0.2) is 16.0 Å². The van der Waals surface area contributed by atoms with Crippen LogP contribution in [0.3, 0.4) is 0 Å². The average molecular weight is 219 g/mol. The predicted octanol–water partition coefficient (Wildman–Crippen LogP) is 1.36. The Morgan fingerprint density at radius 1 is 1.19 bits per heavy atom. The molecule has 3 rings (SSSR count). The van der Waals surface area contributed by atoms with Gasteiger partial charge in [0, 0.05) is 6.04 Å². The molecule has 0 saturated heterocycles. The van der Waals surface area contributed by atoms with Crippen molar-refractivity contribution < 1.29 is 0 Å². The van der Waals surface area contributed by atoms with Gasteiger partial charge in [-0.25, -0.2) is 10.8 Å². The summed E-state index contributed by atoms with van der Waals surface area (Å²) in [6.07, 6.45) is 8.83. The molecule has 2 bridgehead atoms. The Bertz CT molecular complexity index is 380. The third kappa shape index (κ3) is 1.71. The first-order valence-electron chi connectivity index (χ1n) is 5.90. The number of rotatable bonds is 3. The number of hydrogen-bond acceptors (Lipinski definition) is 5. The molecule has 1 aromatic heterocycles. The van der Waals surface area contributed by atoms with E-state index >= 15 is 0 Å². The number of nitrogens with zero attached hydrogens (tertiary/aromatic N) is 2.